The van der Waals surface area contributed by atoms with Gasteiger partial charge in [-0.15, -0.1) is 0 Å². The van der Waals surface area contributed by atoms with Gasteiger partial charge in [-0.25, -0.2) is 4.39 Å². The van der Waals surface area contributed by atoms with Crippen molar-refractivity contribution < 1.29 is 18.7 Å². The van der Waals surface area contributed by atoms with E-state index in [1.807, 2.05) is 0 Å². The highest BCUT2D eigenvalue weighted by atomic mass is 19.1. The van der Waals surface area contributed by atoms with Crippen LogP contribution in [0.1, 0.15) is 26.2 Å². The molecule has 0 aliphatic carbocycles. The first kappa shape index (κ1) is 18.1. The predicted molar refractivity (Wildman–Crippen MR) is 94.5 cm³/mol. The Morgan fingerprint density at radius 3 is 2.96 bits per heavy atom. The van der Waals surface area contributed by atoms with Gasteiger partial charge in [-0.3, -0.25) is 4.79 Å². The zero-order valence-electron chi connectivity index (χ0n) is 15.0. The minimum Gasteiger partial charge on any atom is -0.481 e. The van der Waals surface area contributed by atoms with Gasteiger partial charge >= 0.3 is 0 Å². The number of benzene rings is 1. The van der Waals surface area contributed by atoms with Gasteiger partial charge in [0, 0.05) is 32.8 Å². The summed E-state index contributed by atoms with van der Waals surface area (Å²) in [7, 11) is 1.78. The number of nitrogens with zero attached hydrogens (tertiary/aromatic N) is 2. The summed E-state index contributed by atoms with van der Waals surface area (Å²) in [6.07, 6.45) is 3.68. The van der Waals surface area contributed by atoms with Crippen LogP contribution in [0.4, 0.5) is 10.1 Å². The minimum absolute atomic E-state index is 0.0254. The maximum atomic E-state index is 13.4. The molecule has 1 amide bonds. The quantitative estimate of drug-likeness (QED) is 0.819. The molecule has 5 nitrogen and oxygen atoms in total. The van der Waals surface area contributed by atoms with Gasteiger partial charge in [0.05, 0.1) is 11.8 Å². The first-order valence-electron chi connectivity index (χ1n) is 9.04. The molecule has 6 heteroatoms. The van der Waals surface area contributed by atoms with Crippen LogP contribution in [0.2, 0.25) is 0 Å². The van der Waals surface area contributed by atoms with E-state index >= 15 is 0 Å². The summed E-state index contributed by atoms with van der Waals surface area (Å²) in [6.45, 7) is 5.79. The normalized spacial score (nSPS) is 22.9. The number of carbonyl (C=O) groups excluding carboxylic acids is 1. The molecule has 2 unspecified atom stereocenters. The monoisotopic (exact) mass is 350 g/mol. The lowest BCUT2D eigenvalue weighted by molar-refractivity contribution is -0.121. The van der Waals surface area contributed by atoms with E-state index in [0.29, 0.717) is 30.0 Å². The largest absolute Gasteiger partial charge is 0.481 e. The average Bonchev–Trinajstić information content (AvgIpc) is 2.82. The molecule has 25 heavy (non-hydrogen) atoms. The number of carbonyl (C=O) groups is 1. The minimum atomic E-state index is -0.349. The molecule has 138 valence electrons. The Labute approximate surface area is 148 Å². The number of likely N-dealkylation sites (tertiary alicyclic amines) is 1. The second-order valence-corrected chi connectivity index (χ2v) is 7.10. The number of amides is 1. The number of halogens is 1. The van der Waals surface area contributed by atoms with Crippen LogP contribution >= 0.6 is 0 Å². The lowest BCUT2D eigenvalue weighted by Gasteiger charge is -2.33. The zero-order valence-corrected chi connectivity index (χ0v) is 15.0. The van der Waals surface area contributed by atoms with E-state index in [9.17, 15) is 9.18 Å². The number of fused-ring (bicyclic) bond motifs is 1. The molecule has 1 saturated heterocycles. The molecule has 2 aliphatic rings. The summed E-state index contributed by atoms with van der Waals surface area (Å²) >= 11 is 0. The van der Waals surface area contributed by atoms with Crippen LogP contribution < -0.4 is 9.64 Å². The zero-order chi connectivity index (χ0) is 17.8. The van der Waals surface area contributed by atoms with Crippen molar-refractivity contribution in [1.82, 2.24) is 4.90 Å². The number of methoxy groups -OCH3 is 1. The van der Waals surface area contributed by atoms with E-state index in [-0.39, 0.29) is 18.3 Å². The highest BCUT2D eigenvalue weighted by Gasteiger charge is 2.28. The van der Waals surface area contributed by atoms with E-state index in [1.54, 1.807) is 18.1 Å². The lowest BCUT2D eigenvalue weighted by atomic mass is 10.1. The second-order valence-electron chi connectivity index (χ2n) is 7.10. The molecule has 0 saturated carbocycles. The number of ether oxygens (including phenoxy) is 2. The SMILES string of the molecule is COC1CCCN(CC(C)CN2C(=O)COc3cc(F)ccc32)CC1. The molecule has 2 heterocycles. The fourth-order valence-corrected chi connectivity index (χ4v) is 3.73. The van der Waals surface area contributed by atoms with Crippen molar-refractivity contribution in [1.29, 1.82) is 0 Å². The van der Waals surface area contributed by atoms with Crippen LogP contribution in [-0.2, 0) is 9.53 Å². The fraction of sp³-hybridized carbons (Fsp3) is 0.632. The molecule has 1 aromatic carbocycles. The summed E-state index contributed by atoms with van der Waals surface area (Å²) < 4.78 is 24.2. The summed E-state index contributed by atoms with van der Waals surface area (Å²) in [5, 5.41) is 0. The molecule has 0 aromatic heterocycles. The van der Waals surface area contributed by atoms with Gasteiger partial charge in [0.15, 0.2) is 6.61 Å². The van der Waals surface area contributed by atoms with Gasteiger partial charge in [0.1, 0.15) is 11.6 Å². The number of hydrogen-bond acceptors (Lipinski definition) is 4. The van der Waals surface area contributed by atoms with Crippen molar-refractivity contribution in [3.8, 4) is 5.75 Å². The Hall–Kier alpha value is -1.66. The molecule has 0 spiro atoms. The van der Waals surface area contributed by atoms with Crippen LogP contribution in [0.15, 0.2) is 18.2 Å². The molecule has 0 bridgehead atoms. The molecular formula is C19H27FN2O3. The second kappa shape index (κ2) is 8.15. The van der Waals surface area contributed by atoms with E-state index < -0.39 is 0 Å². The highest BCUT2D eigenvalue weighted by Crippen LogP contribution is 2.33. The first-order chi connectivity index (χ1) is 12.1. The van der Waals surface area contributed by atoms with Gasteiger partial charge in [0.2, 0.25) is 0 Å². The maximum absolute atomic E-state index is 13.4. The number of hydrogen-bond donors (Lipinski definition) is 0. The Morgan fingerprint density at radius 1 is 1.32 bits per heavy atom. The molecule has 2 aliphatic heterocycles. The Balaban J connectivity index is 1.61. The first-order valence-corrected chi connectivity index (χ1v) is 9.04. The standard InChI is InChI=1S/C19H27FN2O3/c1-14(11-21-8-3-4-16(24-2)7-9-21)12-22-17-6-5-15(20)10-18(17)25-13-19(22)23/h5-6,10,14,16H,3-4,7-9,11-13H2,1-2H3. The van der Waals surface area contributed by atoms with E-state index in [2.05, 4.69) is 11.8 Å². The summed E-state index contributed by atoms with van der Waals surface area (Å²) in [4.78, 5) is 16.5. The van der Waals surface area contributed by atoms with Crippen molar-refractivity contribution in [2.75, 3.05) is 44.8 Å². The van der Waals surface area contributed by atoms with Crippen LogP contribution in [0, 0.1) is 11.7 Å². The Morgan fingerprint density at radius 2 is 2.16 bits per heavy atom. The topological polar surface area (TPSA) is 42.0 Å². The number of rotatable bonds is 5. The molecule has 0 radical (unpaired) electrons. The van der Waals surface area contributed by atoms with Crippen molar-refractivity contribution in [3.05, 3.63) is 24.0 Å². The Kier molecular flexibility index (Phi) is 5.91. The molecule has 0 N–H and O–H groups in total. The smallest absolute Gasteiger partial charge is 0.265 e. The predicted octanol–water partition coefficient (Wildman–Crippen LogP) is 2.69. The fourth-order valence-electron chi connectivity index (χ4n) is 3.73. The van der Waals surface area contributed by atoms with Gasteiger partial charge in [-0.1, -0.05) is 6.92 Å². The van der Waals surface area contributed by atoms with Crippen LogP contribution in [-0.4, -0.2) is 56.8 Å². The van der Waals surface area contributed by atoms with Gasteiger partial charge < -0.3 is 19.3 Å². The third-order valence-corrected chi connectivity index (χ3v) is 5.03. The molecule has 2 atom stereocenters. The van der Waals surface area contributed by atoms with E-state index in [0.717, 1.165) is 38.9 Å². The lowest BCUT2D eigenvalue weighted by Crippen LogP contribution is -2.43. The van der Waals surface area contributed by atoms with E-state index in [4.69, 9.17) is 9.47 Å². The van der Waals surface area contributed by atoms with Gasteiger partial charge in [-0.2, -0.15) is 0 Å². The number of anilines is 1. The van der Waals surface area contributed by atoms with Gasteiger partial charge in [-0.05, 0) is 43.9 Å². The summed E-state index contributed by atoms with van der Waals surface area (Å²) in [6, 6.07) is 4.35. The molecule has 1 fully saturated rings. The summed E-state index contributed by atoms with van der Waals surface area (Å²) in [5.74, 6) is 0.350. The van der Waals surface area contributed by atoms with Crippen molar-refractivity contribution in [3.63, 3.8) is 0 Å². The molecule has 3 rings (SSSR count). The van der Waals surface area contributed by atoms with Crippen LogP contribution in [0.25, 0.3) is 0 Å². The van der Waals surface area contributed by atoms with Crippen molar-refractivity contribution in [2.45, 2.75) is 32.3 Å². The van der Waals surface area contributed by atoms with Crippen molar-refractivity contribution >= 4 is 11.6 Å². The van der Waals surface area contributed by atoms with E-state index in [1.165, 1.54) is 12.1 Å². The maximum Gasteiger partial charge on any atom is 0.265 e. The van der Waals surface area contributed by atoms with Crippen LogP contribution in [0.3, 0.4) is 0 Å². The summed E-state index contributed by atoms with van der Waals surface area (Å²) in [5.41, 5.74) is 0.666. The average molecular weight is 350 g/mol. The molecule has 1 aromatic rings. The van der Waals surface area contributed by atoms with Crippen molar-refractivity contribution in [2.24, 2.45) is 5.92 Å². The van der Waals surface area contributed by atoms with Gasteiger partial charge in [0.25, 0.3) is 5.91 Å². The third-order valence-electron chi connectivity index (χ3n) is 5.03. The Bertz CT molecular complexity index is 610. The third kappa shape index (κ3) is 4.50. The van der Waals surface area contributed by atoms with Crippen LogP contribution in [0.5, 0.6) is 5.75 Å². The molecular weight excluding hydrogens is 323 g/mol. The highest BCUT2D eigenvalue weighted by molar-refractivity contribution is 5.97.